The zero-order valence-electron chi connectivity index (χ0n) is 12.0. The van der Waals surface area contributed by atoms with E-state index in [9.17, 15) is 8.42 Å². The number of hydrogen-bond donors (Lipinski definition) is 2. The molecule has 6 heteroatoms. The summed E-state index contributed by atoms with van der Waals surface area (Å²) >= 11 is 0. The summed E-state index contributed by atoms with van der Waals surface area (Å²) in [6.45, 7) is 0.549. The molecule has 112 valence electrons. The molecule has 0 atom stereocenters. The summed E-state index contributed by atoms with van der Waals surface area (Å²) in [5, 5.41) is 3.20. The van der Waals surface area contributed by atoms with Crippen molar-refractivity contribution in [2.24, 2.45) is 0 Å². The van der Waals surface area contributed by atoms with Gasteiger partial charge in [0.2, 0.25) is 10.0 Å². The van der Waals surface area contributed by atoms with Crippen LogP contribution in [-0.4, -0.2) is 22.6 Å². The van der Waals surface area contributed by atoms with Crippen LogP contribution in [0.2, 0.25) is 0 Å². The first-order valence-corrected chi connectivity index (χ1v) is 7.94. The Kier molecular flexibility index (Phi) is 4.82. The molecular weight excluding hydrogens is 288 g/mol. The highest BCUT2D eigenvalue weighted by molar-refractivity contribution is 7.89. The number of methoxy groups -OCH3 is 1. The molecule has 2 N–H and O–H groups in total. The van der Waals surface area contributed by atoms with Gasteiger partial charge in [0.25, 0.3) is 0 Å². The van der Waals surface area contributed by atoms with Crippen molar-refractivity contribution in [2.45, 2.75) is 11.4 Å². The van der Waals surface area contributed by atoms with E-state index in [0.717, 1.165) is 17.0 Å². The maximum atomic E-state index is 11.8. The molecule has 0 aliphatic heterocycles. The number of hydrogen-bond acceptors (Lipinski definition) is 4. The van der Waals surface area contributed by atoms with Gasteiger partial charge in [-0.3, -0.25) is 0 Å². The first-order chi connectivity index (χ1) is 10.1. The lowest BCUT2D eigenvalue weighted by atomic mass is 10.2. The normalized spacial score (nSPS) is 11.1. The molecule has 0 saturated carbocycles. The Labute approximate surface area is 125 Å². The van der Waals surface area contributed by atoms with Gasteiger partial charge in [0, 0.05) is 17.8 Å². The van der Waals surface area contributed by atoms with Crippen LogP contribution in [0.25, 0.3) is 0 Å². The summed E-state index contributed by atoms with van der Waals surface area (Å²) in [6, 6.07) is 14.4. The minimum absolute atomic E-state index is 0.232. The van der Waals surface area contributed by atoms with Gasteiger partial charge in [0.1, 0.15) is 5.75 Å². The standard InChI is InChI=1S/C15H18N2O3S/c1-16-21(18,19)14-8-5-7-13(10-14)17-11-12-6-3-4-9-15(12)20-2/h3-10,16-17H,11H2,1-2H3. The smallest absolute Gasteiger partial charge is 0.240 e. The lowest BCUT2D eigenvalue weighted by Gasteiger charge is -2.11. The van der Waals surface area contributed by atoms with E-state index >= 15 is 0 Å². The zero-order valence-corrected chi connectivity index (χ0v) is 12.8. The predicted molar refractivity (Wildman–Crippen MR) is 83.0 cm³/mol. The van der Waals surface area contributed by atoms with E-state index in [2.05, 4.69) is 10.0 Å². The highest BCUT2D eigenvalue weighted by Gasteiger charge is 2.11. The predicted octanol–water partition coefficient (Wildman–Crippen LogP) is 2.22. The quantitative estimate of drug-likeness (QED) is 0.858. The van der Waals surface area contributed by atoms with Gasteiger partial charge in [-0.25, -0.2) is 13.1 Å². The van der Waals surface area contributed by atoms with Gasteiger partial charge in [0.15, 0.2) is 0 Å². The minimum atomic E-state index is -3.43. The maximum absolute atomic E-state index is 11.8. The SMILES string of the molecule is CNS(=O)(=O)c1cccc(NCc2ccccc2OC)c1. The van der Waals surface area contributed by atoms with Gasteiger partial charge in [-0.05, 0) is 31.3 Å². The first kappa shape index (κ1) is 15.3. The summed E-state index contributed by atoms with van der Waals surface area (Å²) in [7, 11) is -0.414. The molecule has 0 bridgehead atoms. The lowest BCUT2D eigenvalue weighted by Crippen LogP contribution is -2.18. The molecule has 0 heterocycles. The fraction of sp³-hybridized carbons (Fsp3) is 0.200. The molecule has 2 rings (SSSR count). The number of ether oxygens (including phenoxy) is 1. The third-order valence-electron chi connectivity index (χ3n) is 3.09. The Morgan fingerprint density at radius 3 is 2.57 bits per heavy atom. The second kappa shape index (κ2) is 6.60. The number of benzene rings is 2. The fourth-order valence-corrected chi connectivity index (χ4v) is 2.71. The molecule has 2 aromatic rings. The summed E-state index contributed by atoms with van der Waals surface area (Å²) in [5.74, 6) is 0.795. The average Bonchev–Trinajstić information content (AvgIpc) is 2.53. The summed E-state index contributed by atoms with van der Waals surface area (Å²) < 4.78 is 31.1. The summed E-state index contributed by atoms with van der Waals surface area (Å²) in [4.78, 5) is 0.232. The van der Waals surface area contributed by atoms with E-state index in [1.54, 1.807) is 25.3 Å². The summed E-state index contributed by atoms with van der Waals surface area (Å²) in [6.07, 6.45) is 0. The fourth-order valence-electron chi connectivity index (χ4n) is 1.94. The number of nitrogens with one attached hydrogen (secondary N) is 2. The molecule has 0 amide bonds. The van der Waals surface area contributed by atoms with Crippen molar-refractivity contribution in [3.8, 4) is 5.75 Å². The monoisotopic (exact) mass is 306 g/mol. The van der Waals surface area contributed by atoms with Crippen molar-refractivity contribution in [3.63, 3.8) is 0 Å². The van der Waals surface area contributed by atoms with Crippen LogP contribution in [0.15, 0.2) is 53.4 Å². The van der Waals surface area contributed by atoms with Crippen molar-refractivity contribution in [1.82, 2.24) is 4.72 Å². The zero-order chi connectivity index (χ0) is 15.3. The van der Waals surface area contributed by atoms with Crippen molar-refractivity contribution in [1.29, 1.82) is 0 Å². The molecule has 0 unspecified atom stereocenters. The molecule has 0 aliphatic carbocycles. The van der Waals surface area contributed by atoms with Crippen LogP contribution in [0.4, 0.5) is 5.69 Å². The van der Waals surface area contributed by atoms with Crippen molar-refractivity contribution < 1.29 is 13.2 Å². The number of anilines is 1. The molecule has 0 radical (unpaired) electrons. The molecule has 2 aromatic carbocycles. The molecule has 0 saturated heterocycles. The van der Waals surface area contributed by atoms with Gasteiger partial charge < -0.3 is 10.1 Å². The molecule has 21 heavy (non-hydrogen) atoms. The maximum Gasteiger partial charge on any atom is 0.240 e. The molecule has 0 aromatic heterocycles. The van der Waals surface area contributed by atoms with Gasteiger partial charge in [-0.1, -0.05) is 24.3 Å². The molecule has 0 fully saturated rings. The van der Waals surface area contributed by atoms with Crippen LogP contribution >= 0.6 is 0 Å². The Bertz CT molecular complexity index is 714. The van der Waals surface area contributed by atoms with Crippen LogP contribution in [0.1, 0.15) is 5.56 Å². The Hall–Kier alpha value is -2.05. The van der Waals surface area contributed by atoms with Crippen LogP contribution in [0, 0.1) is 0 Å². The second-order valence-corrected chi connectivity index (χ2v) is 6.29. The van der Waals surface area contributed by atoms with Gasteiger partial charge in [-0.2, -0.15) is 0 Å². The number of para-hydroxylation sites is 1. The van der Waals surface area contributed by atoms with E-state index in [1.807, 2.05) is 30.3 Å². The number of sulfonamides is 1. The lowest BCUT2D eigenvalue weighted by molar-refractivity contribution is 0.410. The topological polar surface area (TPSA) is 67.4 Å². The highest BCUT2D eigenvalue weighted by atomic mass is 32.2. The van der Waals surface area contributed by atoms with Gasteiger partial charge >= 0.3 is 0 Å². The Balaban J connectivity index is 2.16. The van der Waals surface area contributed by atoms with E-state index in [4.69, 9.17) is 4.74 Å². The van der Waals surface area contributed by atoms with Gasteiger partial charge in [-0.15, -0.1) is 0 Å². The first-order valence-electron chi connectivity index (χ1n) is 6.46. The van der Waals surface area contributed by atoms with Crippen LogP contribution in [0.5, 0.6) is 5.75 Å². The van der Waals surface area contributed by atoms with E-state index in [1.165, 1.54) is 7.05 Å². The van der Waals surface area contributed by atoms with Crippen molar-refractivity contribution in [3.05, 3.63) is 54.1 Å². The average molecular weight is 306 g/mol. The second-order valence-electron chi connectivity index (χ2n) is 4.40. The van der Waals surface area contributed by atoms with E-state index in [-0.39, 0.29) is 4.90 Å². The van der Waals surface area contributed by atoms with Crippen LogP contribution < -0.4 is 14.8 Å². The largest absolute Gasteiger partial charge is 0.496 e. The van der Waals surface area contributed by atoms with E-state index in [0.29, 0.717) is 6.54 Å². The van der Waals surface area contributed by atoms with E-state index < -0.39 is 10.0 Å². The van der Waals surface area contributed by atoms with Crippen LogP contribution in [0.3, 0.4) is 0 Å². The Morgan fingerprint density at radius 1 is 1.10 bits per heavy atom. The molecule has 0 spiro atoms. The summed E-state index contributed by atoms with van der Waals surface area (Å²) in [5.41, 5.74) is 1.74. The third kappa shape index (κ3) is 3.74. The molecule has 0 aliphatic rings. The Morgan fingerprint density at radius 2 is 1.86 bits per heavy atom. The van der Waals surface area contributed by atoms with Gasteiger partial charge in [0.05, 0.1) is 12.0 Å². The van der Waals surface area contributed by atoms with Crippen LogP contribution in [-0.2, 0) is 16.6 Å². The molecular formula is C15H18N2O3S. The molecule has 5 nitrogen and oxygen atoms in total. The highest BCUT2D eigenvalue weighted by Crippen LogP contribution is 2.20. The third-order valence-corrected chi connectivity index (χ3v) is 4.50. The minimum Gasteiger partial charge on any atom is -0.496 e. The van der Waals surface area contributed by atoms with Crippen molar-refractivity contribution >= 4 is 15.7 Å². The van der Waals surface area contributed by atoms with Crippen molar-refractivity contribution in [2.75, 3.05) is 19.5 Å². The number of rotatable bonds is 6.